The number of amides is 1. The highest BCUT2D eigenvalue weighted by Gasteiger charge is 2.08. The summed E-state index contributed by atoms with van der Waals surface area (Å²) < 4.78 is 23.8. The van der Waals surface area contributed by atoms with Gasteiger partial charge in [-0.2, -0.15) is 0 Å². The highest BCUT2D eigenvalue weighted by molar-refractivity contribution is 7.88. The Kier molecular flexibility index (Phi) is 4.25. The number of anilines is 1. The molecule has 0 saturated carbocycles. The summed E-state index contributed by atoms with van der Waals surface area (Å²) >= 11 is 0. The van der Waals surface area contributed by atoms with E-state index in [4.69, 9.17) is 0 Å². The van der Waals surface area contributed by atoms with Crippen LogP contribution in [0.1, 0.15) is 11.1 Å². The van der Waals surface area contributed by atoms with Gasteiger partial charge in [0.25, 0.3) is 0 Å². The van der Waals surface area contributed by atoms with E-state index < -0.39 is 10.0 Å². The van der Waals surface area contributed by atoms with Gasteiger partial charge in [-0.25, -0.2) is 13.1 Å². The third-order valence-corrected chi connectivity index (χ3v) is 3.04. The van der Waals surface area contributed by atoms with Crippen molar-refractivity contribution in [2.45, 2.75) is 13.8 Å². The number of aryl methyl sites for hydroxylation is 1. The van der Waals surface area contributed by atoms with Gasteiger partial charge in [0.1, 0.15) is 0 Å². The zero-order valence-corrected chi connectivity index (χ0v) is 10.9. The molecule has 0 radical (unpaired) electrons. The average Bonchev–Trinajstić information content (AvgIpc) is 2.21. The molecule has 5 nitrogen and oxygen atoms in total. The van der Waals surface area contributed by atoms with Crippen LogP contribution in [-0.2, 0) is 14.8 Å². The lowest BCUT2D eigenvalue weighted by atomic mass is 10.1. The first kappa shape index (κ1) is 13.7. The predicted molar refractivity (Wildman–Crippen MR) is 67.4 cm³/mol. The molecule has 0 unspecified atom stereocenters. The van der Waals surface area contributed by atoms with Gasteiger partial charge in [-0.05, 0) is 31.0 Å². The number of carbonyl (C=O) groups is 1. The fourth-order valence-corrected chi connectivity index (χ4v) is 1.67. The van der Waals surface area contributed by atoms with Crippen molar-refractivity contribution in [3.8, 4) is 0 Å². The smallest absolute Gasteiger partial charge is 0.239 e. The Morgan fingerprint density at radius 2 is 1.94 bits per heavy atom. The molecule has 17 heavy (non-hydrogen) atoms. The van der Waals surface area contributed by atoms with Crippen molar-refractivity contribution in [3.05, 3.63) is 29.3 Å². The summed E-state index contributed by atoms with van der Waals surface area (Å²) in [7, 11) is -3.34. The van der Waals surface area contributed by atoms with Crippen molar-refractivity contribution in [2.75, 3.05) is 18.1 Å². The van der Waals surface area contributed by atoms with Gasteiger partial charge in [-0.15, -0.1) is 0 Å². The highest BCUT2D eigenvalue weighted by atomic mass is 32.2. The summed E-state index contributed by atoms with van der Waals surface area (Å²) in [5.74, 6) is -0.385. The molecule has 0 saturated heterocycles. The Balaban J connectivity index is 2.66. The molecule has 0 heterocycles. The van der Waals surface area contributed by atoms with Gasteiger partial charge in [-0.1, -0.05) is 12.1 Å². The maximum Gasteiger partial charge on any atom is 0.239 e. The number of rotatable bonds is 4. The fraction of sp³-hybridized carbons (Fsp3) is 0.364. The second-order valence-electron chi connectivity index (χ2n) is 3.89. The SMILES string of the molecule is Cc1cccc(NC(=O)CNS(C)(=O)=O)c1C. The van der Waals surface area contributed by atoms with Crippen molar-refractivity contribution in [1.29, 1.82) is 0 Å². The zero-order chi connectivity index (χ0) is 13.1. The monoisotopic (exact) mass is 256 g/mol. The van der Waals surface area contributed by atoms with Crippen LogP contribution >= 0.6 is 0 Å². The van der Waals surface area contributed by atoms with Gasteiger partial charge in [0.15, 0.2) is 0 Å². The molecular formula is C11H16N2O3S. The zero-order valence-electron chi connectivity index (χ0n) is 10.1. The molecule has 6 heteroatoms. The molecule has 1 rings (SSSR count). The number of hydrogen-bond acceptors (Lipinski definition) is 3. The Morgan fingerprint density at radius 3 is 2.53 bits per heavy atom. The van der Waals surface area contributed by atoms with E-state index in [9.17, 15) is 13.2 Å². The van der Waals surface area contributed by atoms with Crippen molar-refractivity contribution in [1.82, 2.24) is 4.72 Å². The maximum absolute atomic E-state index is 11.5. The van der Waals surface area contributed by atoms with E-state index in [0.29, 0.717) is 5.69 Å². The minimum absolute atomic E-state index is 0.258. The van der Waals surface area contributed by atoms with Crippen LogP contribution in [-0.4, -0.2) is 27.1 Å². The summed E-state index contributed by atoms with van der Waals surface area (Å²) in [6.45, 7) is 3.58. The van der Waals surface area contributed by atoms with Crippen LogP contribution in [0.2, 0.25) is 0 Å². The highest BCUT2D eigenvalue weighted by Crippen LogP contribution is 2.17. The first-order chi connectivity index (χ1) is 7.79. The third-order valence-electron chi connectivity index (χ3n) is 2.37. The second-order valence-corrected chi connectivity index (χ2v) is 5.72. The Hall–Kier alpha value is -1.40. The lowest BCUT2D eigenvalue weighted by molar-refractivity contribution is -0.115. The molecule has 1 aromatic carbocycles. The Bertz CT molecular complexity index is 524. The van der Waals surface area contributed by atoms with Gasteiger partial charge < -0.3 is 5.32 Å². The third kappa shape index (κ3) is 4.54. The van der Waals surface area contributed by atoms with Gasteiger partial charge in [-0.3, -0.25) is 4.79 Å². The molecule has 0 aromatic heterocycles. The number of nitrogens with one attached hydrogen (secondary N) is 2. The molecule has 0 aliphatic heterocycles. The van der Waals surface area contributed by atoms with Crippen molar-refractivity contribution in [2.24, 2.45) is 0 Å². The number of hydrogen-bond donors (Lipinski definition) is 2. The molecule has 0 atom stereocenters. The van der Waals surface area contributed by atoms with E-state index in [0.717, 1.165) is 17.4 Å². The van der Waals surface area contributed by atoms with E-state index in [-0.39, 0.29) is 12.5 Å². The van der Waals surface area contributed by atoms with E-state index >= 15 is 0 Å². The van der Waals surface area contributed by atoms with Crippen LogP contribution < -0.4 is 10.0 Å². The molecule has 0 aliphatic rings. The van der Waals surface area contributed by atoms with E-state index in [1.807, 2.05) is 26.0 Å². The summed E-state index contributed by atoms with van der Waals surface area (Å²) in [5, 5.41) is 2.66. The number of benzene rings is 1. The van der Waals surface area contributed by atoms with Crippen LogP contribution in [0.4, 0.5) is 5.69 Å². The average molecular weight is 256 g/mol. The van der Waals surface area contributed by atoms with Crippen LogP contribution in [0.3, 0.4) is 0 Å². The lowest BCUT2D eigenvalue weighted by Gasteiger charge is -2.10. The maximum atomic E-state index is 11.5. The Labute approximate surface area is 101 Å². The van der Waals surface area contributed by atoms with Crippen molar-refractivity contribution >= 4 is 21.6 Å². The lowest BCUT2D eigenvalue weighted by Crippen LogP contribution is -2.32. The van der Waals surface area contributed by atoms with E-state index in [2.05, 4.69) is 10.0 Å². The number of carbonyl (C=O) groups excluding carboxylic acids is 1. The first-order valence-electron chi connectivity index (χ1n) is 5.10. The summed E-state index contributed by atoms with van der Waals surface area (Å²) in [6.07, 6.45) is 1.01. The van der Waals surface area contributed by atoms with Crippen molar-refractivity contribution < 1.29 is 13.2 Å². The van der Waals surface area contributed by atoms with Crippen LogP contribution in [0, 0.1) is 13.8 Å². The van der Waals surface area contributed by atoms with Crippen molar-refractivity contribution in [3.63, 3.8) is 0 Å². The van der Waals surface area contributed by atoms with Gasteiger partial charge in [0.05, 0.1) is 12.8 Å². The summed E-state index contributed by atoms with van der Waals surface area (Å²) in [5.41, 5.74) is 2.74. The molecule has 1 amide bonds. The van der Waals surface area contributed by atoms with Gasteiger partial charge in [0, 0.05) is 5.69 Å². The molecule has 1 aromatic rings. The summed E-state index contributed by atoms with van der Waals surface area (Å²) in [4.78, 5) is 11.5. The standard InChI is InChI=1S/C11H16N2O3S/c1-8-5-4-6-10(9(8)2)13-11(14)7-12-17(3,15)16/h4-6,12H,7H2,1-3H3,(H,13,14). The summed E-state index contributed by atoms with van der Waals surface area (Å²) in [6, 6.07) is 5.56. The first-order valence-corrected chi connectivity index (χ1v) is 6.99. The molecule has 0 bridgehead atoms. The van der Waals surface area contributed by atoms with Gasteiger partial charge in [0.2, 0.25) is 15.9 Å². The topological polar surface area (TPSA) is 75.3 Å². The molecule has 0 aliphatic carbocycles. The van der Waals surface area contributed by atoms with E-state index in [1.165, 1.54) is 0 Å². The second kappa shape index (κ2) is 5.29. The molecular weight excluding hydrogens is 240 g/mol. The quantitative estimate of drug-likeness (QED) is 0.836. The number of sulfonamides is 1. The van der Waals surface area contributed by atoms with Crippen LogP contribution in [0.15, 0.2) is 18.2 Å². The molecule has 94 valence electrons. The van der Waals surface area contributed by atoms with Gasteiger partial charge >= 0.3 is 0 Å². The van der Waals surface area contributed by atoms with E-state index in [1.54, 1.807) is 6.07 Å². The molecule has 0 spiro atoms. The minimum Gasteiger partial charge on any atom is -0.325 e. The normalized spacial score (nSPS) is 11.2. The Morgan fingerprint density at radius 1 is 1.29 bits per heavy atom. The largest absolute Gasteiger partial charge is 0.325 e. The predicted octanol–water partition coefficient (Wildman–Crippen LogP) is 0.791. The minimum atomic E-state index is -3.34. The molecule has 0 fully saturated rings. The fourth-order valence-electron chi connectivity index (χ4n) is 1.28. The molecule has 2 N–H and O–H groups in total. The van der Waals surface area contributed by atoms with Crippen LogP contribution in [0.25, 0.3) is 0 Å². The van der Waals surface area contributed by atoms with Crippen LogP contribution in [0.5, 0.6) is 0 Å².